The van der Waals surface area contributed by atoms with Crippen molar-refractivity contribution in [3.63, 3.8) is 0 Å². The molecule has 0 spiro atoms. The Bertz CT molecular complexity index is 525. The molecule has 0 bridgehead atoms. The lowest BCUT2D eigenvalue weighted by molar-refractivity contribution is -0.123. The maximum atomic E-state index is 11.9. The number of benzene rings is 1. The first-order chi connectivity index (χ1) is 11.1. The monoisotopic (exact) mass is 340 g/mol. The van der Waals surface area contributed by atoms with Gasteiger partial charge in [0, 0.05) is 37.3 Å². The van der Waals surface area contributed by atoms with E-state index in [0.717, 1.165) is 38.2 Å². The number of nitrogens with zero attached hydrogens (tertiary/aromatic N) is 1. The molecule has 0 aliphatic carbocycles. The van der Waals surface area contributed by atoms with Crippen LogP contribution in [-0.4, -0.2) is 57.3 Å². The molecule has 1 saturated heterocycles. The zero-order valence-corrected chi connectivity index (χ0v) is 14.6. The minimum absolute atomic E-state index is 0.0152. The molecule has 1 heterocycles. The molecule has 1 atom stereocenters. The summed E-state index contributed by atoms with van der Waals surface area (Å²) in [7, 11) is 1.72. The number of carbonyl (C=O) groups is 1. The van der Waals surface area contributed by atoms with Gasteiger partial charge in [0.25, 0.3) is 5.91 Å². The van der Waals surface area contributed by atoms with Gasteiger partial charge in [0.15, 0.2) is 6.61 Å². The number of hydrogen-bond acceptors (Lipinski definition) is 4. The van der Waals surface area contributed by atoms with Crippen molar-refractivity contribution in [2.75, 3.05) is 46.5 Å². The maximum absolute atomic E-state index is 11.9. The van der Waals surface area contributed by atoms with E-state index in [0.29, 0.717) is 23.2 Å². The van der Waals surface area contributed by atoms with E-state index in [2.05, 4.69) is 10.2 Å². The Hall–Kier alpha value is -1.30. The van der Waals surface area contributed by atoms with Crippen molar-refractivity contribution < 1.29 is 14.3 Å². The summed E-state index contributed by atoms with van der Waals surface area (Å²) in [5.41, 5.74) is 0.853. The number of carbonyl (C=O) groups excluding carboxylic acids is 1. The van der Waals surface area contributed by atoms with Gasteiger partial charge in [-0.25, -0.2) is 0 Å². The number of nitrogens with one attached hydrogen (secondary N) is 1. The topological polar surface area (TPSA) is 50.8 Å². The summed E-state index contributed by atoms with van der Waals surface area (Å²) in [6.45, 7) is 6.38. The van der Waals surface area contributed by atoms with Gasteiger partial charge >= 0.3 is 0 Å². The van der Waals surface area contributed by atoms with E-state index in [-0.39, 0.29) is 12.5 Å². The van der Waals surface area contributed by atoms with Crippen molar-refractivity contribution in [1.29, 1.82) is 0 Å². The third-order valence-electron chi connectivity index (χ3n) is 4.15. The van der Waals surface area contributed by atoms with Crippen LogP contribution in [0.4, 0.5) is 0 Å². The first-order valence-electron chi connectivity index (χ1n) is 7.96. The Morgan fingerprint density at radius 1 is 1.48 bits per heavy atom. The van der Waals surface area contributed by atoms with E-state index < -0.39 is 0 Å². The van der Waals surface area contributed by atoms with Crippen LogP contribution in [0.1, 0.15) is 12.0 Å². The summed E-state index contributed by atoms with van der Waals surface area (Å²) < 4.78 is 10.6. The molecule has 23 heavy (non-hydrogen) atoms. The van der Waals surface area contributed by atoms with Gasteiger partial charge in [-0.15, -0.1) is 0 Å². The fourth-order valence-corrected chi connectivity index (χ4v) is 2.87. The number of rotatable bonds is 8. The molecule has 0 saturated carbocycles. The van der Waals surface area contributed by atoms with Gasteiger partial charge in [-0.05, 0) is 37.9 Å². The predicted molar refractivity (Wildman–Crippen MR) is 91.1 cm³/mol. The Morgan fingerprint density at radius 3 is 3.09 bits per heavy atom. The first kappa shape index (κ1) is 18.0. The average molecular weight is 341 g/mol. The fraction of sp³-hybridized carbons (Fsp3) is 0.588. The van der Waals surface area contributed by atoms with Crippen LogP contribution in [0.25, 0.3) is 0 Å². The number of methoxy groups -OCH3 is 1. The normalized spacial score (nSPS) is 18.1. The lowest BCUT2D eigenvalue weighted by Gasteiger charge is -2.16. The fourth-order valence-electron chi connectivity index (χ4n) is 2.70. The number of hydrogen-bond donors (Lipinski definition) is 1. The van der Waals surface area contributed by atoms with Crippen molar-refractivity contribution in [3.8, 4) is 5.75 Å². The molecular weight excluding hydrogens is 316 g/mol. The molecule has 1 aliphatic heterocycles. The second kappa shape index (κ2) is 9.11. The van der Waals surface area contributed by atoms with Gasteiger partial charge in [-0.3, -0.25) is 4.79 Å². The minimum Gasteiger partial charge on any atom is -0.483 e. The summed E-state index contributed by atoms with van der Waals surface area (Å²) in [6.07, 6.45) is 1.11. The van der Waals surface area contributed by atoms with Crippen molar-refractivity contribution >= 4 is 17.5 Å². The highest BCUT2D eigenvalue weighted by Gasteiger charge is 2.22. The van der Waals surface area contributed by atoms with Crippen LogP contribution in [-0.2, 0) is 9.53 Å². The van der Waals surface area contributed by atoms with Crippen LogP contribution in [0, 0.1) is 12.8 Å². The highest BCUT2D eigenvalue weighted by atomic mass is 35.5. The highest BCUT2D eigenvalue weighted by Crippen LogP contribution is 2.24. The summed E-state index contributed by atoms with van der Waals surface area (Å²) in [4.78, 5) is 14.3. The Morgan fingerprint density at radius 2 is 2.30 bits per heavy atom. The summed E-state index contributed by atoms with van der Waals surface area (Å²) in [5.74, 6) is 1.06. The standard InChI is InChI=1S/C17H25ClN2O3/c1-13-15(18)4-3-5-16(13)23-12-17(21)19-10-14-6-7-20(11-14)8-9-22-2/h3-5,14H,6-12H2,1-2H3,(H,19,21)/t14-/m0/s1. The molecule has 6 heteroatoms. The zero-order chi connectivity index (χ0) is 16.7. The SMILES string of the molecule is COCCN1CC[C@@H](CNC(=O)COc2cccc(Cl)c2C)C1. The van der Waals surface area contributed by atoms with Crippen LogP contribution in [0.2, 0.25) is 5.02 Å². The van der Waals surface area contributed by atoms with Crippen LogP contribution in [0.15, 0.2) is 18.2 Å². The van der Waals surface area contributed by atoms with Crippen molar-refractivity contribution in [2.24, 2.45) is 5.92 Å². The largest absolute Gasteiger partial charge is 0.483 e. The first-order valence-corrected chi connectivity index (χ1v) is 8.34. The number of amides is 1. The van der Waals surface area contributed by atoms with E-state index >= 15 is 0 Å². The number of likely N-dealkylation sites (tertiary alicyclic amines) is 1. The Kier molecular flexibility index (Phi) is 7.15. The average Bonchev–Trinajstić information content (AvgIpc) is 3.00. The van der Waals surface area contributed by atoms with Gasteiger partial charge < -0.3 is 19.7 Å². The second-order valence-corrected chi connectivity index (χ2v) is 6.31. The summed E-state index contributed by atoms with van der Waals surface area (Å²) in [6, 6.07) is 5.44. The number of halogens is 1. The molecule has 1 aromatic carbocycles. The molecule has 128 valence electrons. The van der Waals surface area contributed by atoms with Gasteiger partial charge in [0.1, 0.15) is 5.75 Å². The molecule has 0 unspecified atom stereocenters. The van der Waals surface area contributed by atoms with E-state index in [1.54, 1.807) is 13.2 Å². The van der Waals surface area contributed by atoms with Gasteiger partial charge in [-0.2, -0.15) is 0 Å². The van der Waals surface area contributed by atoms with Gasteiger partial charge in [-0.1, -0.05) is 17.7 Å². The van der Waals surface area contributed by atoms with Gasteiger partial charge in [0.2, 0.25) is 0 Å². The van der Waals surface area contributed by atoms with E-state index in [1.165, 1.54) is 0 Å². The predicted octanol–water partition coefficient (Wildman–Crippen LogP) is 2.11. The van der Waals surface area contributed by atoms with Crippen molar-refractivity contribution in [1.82, 2.24) is 10.2 Å². The quantitative estimate of drug-likeness (QED) is 0.787. The Balaban J connectivity index is 1.67. The highest BCUT2D eigenvalue weighted by molar-refractivity contribution is 6.31. The molecule has 1 aliphatic rings. The molecule has 0 aromatic heterocycles. The van der Waals surface area contributed by atoms with Crippen LogP contribution >= 0.6 is 11.6 Å². The smallest absolute Gasteiger partial charge is 0.257 e. The number of ether oxygens (including phenoxy) is 2. The lowest BCUT2D eigenvalue weighted by Crippen LogP contribution is -2.34. The van der Waals surface area contributed by atoms with Crippen molar-refractivity contribution in [3.05, 3.63) is 28.8 Å². The van der Waals surface area contributed by atoms with Gasteiger partial charge in [0.05, 0.1) is 6.61 Å². The lowest BCUT2D eigenvalue weighted by atomic mass is 10.1. The van der Waals surface area contributed by atoms with Crippen LogP contribution in [0.3, 0.4) is 0 Å². The molecule has 1 N–H and O–H groups in total. The molecular formula is C17H25ClN2O3. The molecule has 1 aromatic rings. The summed E-state index contributed by atoms with van der Waals surface area (Å²) >= 11 is 6.03. The summed E-state index contributed by atoms with van der Waals surface area (Å²) in [5, 5.41) is 3.59. The van der Waals surface area contributed by atoms with E-state index in [4.69, 9.17) is 21.1 Å². The molecule has 0 radical (unpaired) electrons. The molecule has 2 rings (SSSR count). The molecule has 1 amide bonds. The van der Waals surface area contributed by atoms with Crippen molar-refractivity contribution in [2.45, 2.75) is 13.3 Å². The van der Waals surface area contributed by atoms with E-state index in [1.807, 2.05) is 19.1 Å². The van der Waals surface area contributed by atoms with Crippen LogP contribution < -0.4 is 10.1 Å². The zero-order valence-electron chi connectivity index (χ0n) is 13.8. The third-order valence-corrected chi connectivity index (χ3v) is 4.56. The minimum atomic E-state index is -0.0975. The second-order valence-electron chi connectivity index (χ2n) is 5.90. The Labute approximate surface area is 142 Å². The maximum Gasteiger partial charge on any atom is 0.257 e. The molecule has 5 nitrogen and oxygen atoms in total. The van der Waals surface area contributed by atoms with E-state index in [9.17, 15) is 4.79 Å². The third kappa shape index (κ3) is 5.68. The molecule has 1 fully saturated rings. The van der Waals surface area contributed by atoms with Crippen LogP contribution in [0.5, 0.6) is 5.75 Å².